The van der Waals surface area contributed by atoms with Crippen LogP contribution in [0.2, 0.25) is 0 Å². The first-order chi connectivity index (χ1) is 19.7. The van der Waals surface area contributed by atoms with Gasteiger partial charge in [-0.2, -0.15) is 0 Å². The molecule has 42 heavy (non-hydrogen) atoms. The number of carbonyl (C=O) groups excluding carboxylic acids is 3. The number of phenols is 1. The Morgan fingerprint density at radius 2 is 1.76 bits per heavy atom. The van der Waals surface area contributed by atoms with Crippen LogP contribution < -0.4 is 10.5 Å². The molecule has 0 spiro atoms. The van der Waals surface area contributed by atoms with Gasteiger partial charge >= 0.3 is 0 Å². The molecule has 0 unspecified atom stereocenters. The maximum Gasteiger partial charge on any atom is 0.255 e. The minimum atomic E-state index is -2.68. The molecule has 0 saturated heterocycles. The molecule has 0 fully saturated rings. The quantitative estimate of drug-likeness (QED) is 0.319. The van der Waals surface area contributed by atoms with Crippen LogP contribution >= 0.6 is 0 Å². The third-order valence-corrected chi connectivity index (χ3v) is 8.66. The van der Waals surface area contributed by atoms with Crippen molar-refractivity contribution in [3.05, 3.63) is 69.7 Å². The van der Waals surface area contributed by atoms with E-state index in [2.05, 4.69) is 0 Å². The zero-order valence-electron chi connectivity index (χ0n) is 24.1. The van der Waals surface area contributed by atoms with Gasteiger partial charge in [-0.3, -0.25) is 19.3 Å². The number of hydrogen-bond donors (Lipinski definition) is 5. The number of hydrogen-bond acceptors (Lipinski definition) is 10. The number of methoxy groups -OCH3 is 1. The molecule has 3 aliphatic carbocycles. The van der Waals surface area contributed by atoms with Crippen LogP contribution in [-0.4, -0.2) is 94.6 Å². The van der Waals surface area contributed by atoms with Crippen molar-refractivity contribution in [1.29, 1.82) is 0 Å². The van der Waals surface area contributed by atoms with Gasteiger partial charge in [-0.05, 0) is 81.8 Å². The Morgan fingerprint density at radius 1 is 1.07 bits per heavy atom. The SMILES string of the molecule is COc1ccc(CN(C)C)cc1-c1ccc(O)c2c1C[C@@H]1C[C@@H]3[C@@H](N(C)C)C(O)=C(C(N)=O)C(=O)[C@]3(O)C(O)=C1C2=O. The Balaban J connectivity index is 1.72. The first kappa shape index (κ1) is 29.3. The molecule has 11 nitrogen and oxygen atoms in total. The number of benzene rings is 2. The summed E-state index contributed by atoms with van der Waals surface area (Å²) < 4.78 is 5.65. The molecule has 0 aromatic heterocycles. The number of rotatable bonds is 6. The fraction of sp³-hybridized carbons (Fsp3) is 0.387. The number of nitrogens with two attached hydrogens (primary N) is 1. The Labute approximate surface area is 243 Å². The first-order valence-electron chi connectivity index (χ1n) is 13.6. The van der Waals surface area contributed by atoms with Crippen LogP contribution in [0.3, 0.4) is 0 Å². The zero-order chi connectivity index (χ0) is 30.8. The number of ether oxygens (including phenoxy) is 1. The fourth-order valence-electron chi connectivity index (χ4n) is 6.93. The van der Waals surface area contributed by atoms with Gasteiger partial charge in [0.05, 0.1) is 18.7 Å². The van der Waals surface area contributed by atoms with Crippen molar-refractivity contribution in [3.63, 3.8) is 0 Å². The average Bonchev–Trinajstić information content (AvgIpc) is 2.90. The Hall–Kier alpha value is -4.19. The maximum atomic E-state index is 14.0. The summed E-state index contributed by atoms with van der Waals surface area (Å²) in [4.78, 5) is 43.2. The maximum absolute atomic E-state index is 14.0. The summed E-state index contributed by atoms with van der Waals surface area (Å²) in [5.41, 5.74) is 4.55. The van der Waals surface area contributed by atoms with Crippen LogP contribution in [0.4, 0.5) is 0 Å². The van der Waals surface area contributed by atoms with E-state index in [0.29, 0.717) is 23.4 Å². The number of phenolic OH excluding ortho intramolecular Hbond substituents is 1. The number of amides is 1. The van der Waals surface area contributed by atoms with E-state index in [0.717, 1.165) is 11.1 Å². The van der Waals surface area contributed by atoms with E-state index in [1.165, 1.54) is 11.0 Å². The van der Waals surface area contributed by atoms with Gasteiger partial charge in [0.1, 0.15) is 28.6 Å². The van der Waals surface area contributed by atoms with Crippen molar-refractivity contribution in [1.82, 2.24) is 9.80 Å². The lowest BCUT2D eigenvalue weighted by Crippen LogP contribution is -2.63. The molecule has 2 aromatic rings. The van der Waals surface area contributed by atoms with Gasteiger partial charge in [-0.15, -0.1) is 0 Å². The lowest BCUT2D eigenvalue weighted by molar-refractivity contribution is -0.148. The summed E-state index contributed by atoms with van der Waals surface area (Å²) in [6.07, 6.45) is 0.192. The number of aliphatic hydroxyl groups is 3. The number of primary amides is 1. The molecule has 0 bridgehead atoms. The molecule has 1 amide bonds. The number of allylic oxidation sites excluding steroid dienone is 1. The highest BCUT2D eigenvalue weighted by Crippen LogP contribution is 2.53. The van der Waals surface area contributed by atoms with E-state index in [1.54, 1.807) is 27.3 Å². The minimum Gasteiger partial charge on any atom is -0.510 e. The third kappa shape index (κ3) is 4.19. The molecule has 0 radical (unpaired) electrons. The lowest BCUT2D eigenvalue weighted by Gasteiger charge is -2.50. The van der Waals surface area contributed by atoms with Crippen molar-refractivity contribution in [3.8, 4) is 22.6 Å². The number of fused-ring (bicyclic) bond motifs is 3. The van der Waals surface area contributed by atoms with Gasteiger partial charge in [-0.25, -0.2) is 0 Å². The smallest absolute Gasteiger partial charge is 0.255 e. The van der Waals surface area contributed by atoms with Crippen LogP contribution in [0.1, 0.15) is 27.9 Å². The minimum absolute atomic E-state index is 0.0126. The number of aromatic hydroxyl groups is 1. The first-order valence-corrected chi connectivity index (χ1v) is 13.6. The van der Waals surface area contributed by atoms with Crippen LogP contribution in [-0.2, 0) is 22.6 Å². The number of Topliss-reactive ketones (excluding diaryl/α,β-unsaturated/α-hetero) is 2. The number of carbonyl (C=O) groups is 3. The zero-order valence-corrected chi connectivity index (χ0v) is 24.1. The molecule has 0 aliphatic heterocycles. The molecule has 3 aliphatic rings. The second kappa shape index (κ2) is 10.3. The monoisotopic (exact) mass is 577 g/mol. The number of ketones is 2. The molecule has 6 N–H and O–H groups in total. The van der Waals surface area contributed by atoms with E-state index in [-0.39, 0.29) is 29.7 Å². The number of likely N-dealkylation sites (N-methyl/N-ethyl adjacent to an activating group) is 1. The molecule has 222 valence electrons. The molecule has 5 rings (SSSR count). The largest absolute Gasteiger partial charge is 0.510 e. The highest BCUT2D eigenvalue weighted by Gasteiger charge is 2.63. The third-order valence-electron chi connectivity index (χ3n) is 8.66. The van der Waals surface area contributed by atoms with Gasteiger partial charge in [0.25, 0.3) is 5.91 Å². The molecular weight excluding hydrogens is 542 g/mol. The molecule has 2 aromatic carbocycles. The topological polar surface area (TPSA) is 174 Å². The summed E-state index contributed by atoms with van der Waals surface area (Å²) >= 11 is 0. The van der Waals surface area contributed by atoms with E-state index in [9.17, 15) is 34.8 Å². The molecule has 11 heteroatoms. The predicted molar refractivity (Wildman–Crippen MR) is 153 cm³/mol. The molecular formula is C31H35N3O8. The Morgan fingerprint density at radius 3 is 2.36 bits per heavy atom. The second-order valence-electron chi connectivity index (χ2n) is 11.7. The van der Waals surface area contributed by atoms with Crippen molar-refractivity contribution in [2.24, 2.45) is 17.6 Å². The highest BCUT2D eigenvalue weighted by atomic mass is 16.5. The normalized spacial score (nSPS) is 25.5. The van der Waals surface area contributed by atoms with Crippen LogP contribution in [0.5, 0.6) is 11.5 Å². The van der Waals surface area contributed by atoms with Crippen molar-refractivity contribution < 1.29 is 39.5 Å². The van der Waals surface area contributed by atoms with Crippen LogP contribution in [0.25, 0.3) is 11.1 Å². The summed E-state index contributed by atoms with van der Waals surface area (Å²) in [7, 11) is 8.63. The highest BCUT2D eigenvalue weighted by molar-refractivity contribution is 6.25. The Kier molecular flexibility index (Phi) is 7.16. The van der Waals surface area contributed by atoms with Gasteiger partial charge in [0.15, 0.2) is 11.4 Å². The van der Waals surface area contributed by atoms with Gasteiger partial charge in [-0.1, -0.05) is 12.1 Å². The van der Waals surface area contributed by atoms with E-state index >= 15 is 0 Å². The van der Waals surface area contributed by atoms with Crippen LogP contribution in [0, 0.1) is 11.8 Å². The van der Waals surface area contributed by atoms with E-state index < -0.39 is 58.0 Å². The van der Waals surface area contributed by atoms with Gasteiger partial charge < -0.3 is 35.8 Å². The number of nitrogens with zero attached hydrogens (tertiary/aromatic N) is 2. The standard InChI is InChI=1S/C31H35N3O8/c1-33(2)13-14-6-9-21(42-5)17(10-14)16-7-8-20(35)23-18(16)11-15-12-19-25(34(3)4)27(37)24(30(32)40)29(39)31(19,41)28(38)22(15)26(23)36/h6-10,15,19,25,35,37-38,41H,11-13H2,1-5H3,(H2,32,40)/t15-,19-,25-,31-/m1/s1. The molecule has 0 heterocycles. The van der Waals surface area contributed by atoms with Gasteiger partial charge in [0.2, 0.25) is 5.78 Å². The van der Waals surface area contributed by atoms with Crippen LogP contribution in [0.15, 0.2) is 53.0 Å². The fourth-order valence-corrected chi connectivity index (χ4v) is 6.93. The molecule has 4 atom stereocenters. The van der Waals surface area contributed by atoms with Gasteiger partial charge in [0, 0.05) is 23.6 Å². The van der Waals surface area contributed by atoms with Crippen molar-refractivity contribution in [2.75, 3.05) is 35.3 Å². The second-order valence-corrected chi connectivity index (χ2v) is 11.7. The van der Waals surface area contributed by atoms with E-state index in [1.807, 2.05) is 37.2 Å². The summed E-state index contributed by atoms with van der Waals surface area (Å²) in [5, 5.41) is 45.1. The van der Waals surface area contributed by atoms with Crippen molar-refractivity contribution in [2.45, 2.75) is 31.0 Å². The predicted octanol–water partition coefficient (Wildman–Crippen LogP) is 1.86. The molecule has 0 saturated carbocycles. The number of aliphatic hydroxyl groups excluding tert-OH is 2. The summed E-state index contributed by atoms with van der Waals surface area (Å²) in [6, 6.07) is 7.81. The van der Waals surface area contributed by atoms with E-state index in [4.69, 9.17) is 10.5 Å². The summed E-state index contributed by atoms with van der Waals surface area (Å²) in [6.45, 7) is 0.657. The van der Waals surface area contributed by atoms with Crippen molar-refractivity contribution >= 4 is 17.5 Å². The lowest BCUT2D eigenvalue weighted by atomic mass is 9.58. The average molecular weight is 578 g/mol. The Bertz CT molecular complexity index is 1590. The summed E-state index contributed by atoms with van der Waals surface area (Å²) in [5.74, 6) is -6.27.